The molecule has 0 saturated heterocycles. The SMILES string of the molecule is C=CC(N)OS(=O)(=O)C=Cc1ccccc1. The van der Waals surface area contributed by atoms with Gasteiger partial charge in [-0.15, -0.1) is 0 Å². The summed E-state index contributed by atoms with van der Waals surface area (Å²) >= 11 is 0. The van der Waals surface area contributed by atoms with E-state index in [1.165, 1.54) is 12.2 Å². The Kier molecular flexibility index (Phi) is 4.42. The van der Waals surface area contributed by atoms with Crippen molar-refractivity contribution in [1.82, 2.24) is 0 Å². The van der Waals surface area contributed by atoms with E-state index < -0.39 is 16.3 Å². The van der Waals surface area contributed by atoms with Crippen molar-refractivity contribution in [2.45, 2.75) is 6.23 Å². The Morgan fingerprint density at radius 1 is 1.31 bits per heavy atom. The van der Waals surface area contributed by atoms with E-state index in [1.54, 1.807) is 12.1 Å². The molecule has 0 aliphatic carbocycles. The average molecular weight is 239 g/mol. The molecule has 5 heteroatoms. The number of hydrogen-bond acceptors (Lipinski definition) is 4. The molecule has 1 unspecified atom stereocenters. The van der Waals surface area contributed by atoms with Crippen LogP contribution in [0.1, 0.15) is 5.56 Å². The number of rotatable bonds is 5. The Balaban J connectivity index is 2.73. The van der Waals surface area contributed by atoms with Crippen LogP contribution < -0.4 is 5.73 Å². The van der Waals surface area contributed by atoms with Gasteiger partial charge in [0.1, 0.15) is 6.23 Å². The first-order valence-corrected chi connectivity index (χ1v) is 6.05. The second-order valence-corrected chi connectivity index (χ2v) is 4.45. The highest BCUT2D eigenvalue weighted by Crippen LogP contribution is 2.05. The molecule has 0 heterocycles. The third-order valence-electron chi connectivity index (χ3n) is 1.70. The van der Waals surface area contributed by atoms with Gasteiger partial charge in [0.05, 0.1) is 5.41 Å². The van der Waals surface area contributed by atoms with Crippen molar-refractivity contribution in [2.24, 2.45) is 5.73 Å². The molecule has 1 aromatic carbocycles. The monoisotopic (exact) mass is 239 g/mol. The summed E-state index contributed by atoms with van der Waals surface area (Å²) in [5.41, 5.74) is 6.04. The highest BCUT2D eigenvalue weighted by atomic mass is 32.2. The van der Waals surface area contributed by atoms with Crippen LogP contribution in [0.4, 0.5) is 0 Å². The third kappa shape index (κ3) is 4.39. The van der Waals surface area contributed by atoms with E-state index in [1.807, 2.05) is 18.2 Å². The van der Waals surface area contributed by atoms with Gasteiger partial charge in [0.25, 0.3) is 10.1 Å². The summed E-state index contributed by atoms with van der Waals surface area (Å²) in [7, 11) is -3.77. The molecule has 0 aliphatic heterocycles. The molecule has 2 N–H and O–H groups in total. The minimum atomic E-state index is -3.77. The summed E-state index contributed by atoms with van der Waals surface area (Å²) in [4.78, 5) is 0. The summed E-state index contributed by atoms with van der Waals surface area (Å²) in [6.45, 7) is 3.32. The van der Waals surface area contributed by atoms with Gasteiger partial charge in [0.15, 0.2) is 0 Å². The van der Waals surface area contributed by atoms with Gasteiger partial charge in [-0.05, 0) is 17.7 Å². The topological polar surface area (TPSA) is 69.4 Å². The van der Waals surface area contributed by atoms with Crippen LogP contribution in [0, 0.1) is 0 Å². The molecule has 0 amide bonds. The number of hydrogen-bond donors (Lipinski definition) is 1. The predicted octanol–water partition coefficient (Wildman–Crippen LogP) is 1.47. The van der Waals surface area contributed by atoms with E-state index >= 15 is 0 Å². The predicted molar refractivity (Wildman–Crippen MR) is 63.7 cm³/mol. The minimum absolute atomic E-state index is 0.766. The van der Waals surface area contributed by atoms with Crippen molar-refractivity contribution in [2.75, 3.05) is 0 Å². The molecule has 0 fully saturated rings. The smallest absolute Gasteiger partial charge is 0.291 e. The Morgan fingerprint density at radius 2 is 1.94 bits per heavy atom. The van der Waals surface area contributed by atoms with Gasteiger partial charge in [-0.1, -0.05) is 36.9 Å². The van der Waals surface area contributed by atoms with Crippen LogP contribution in [0.5, 0.6) is 0 Å². The first-order valence-electron chi connectivity index (χ1n) is 4.58. The van der Waals surface area contributed by atoms with Crippen molar-refractivity contribution in [3.05, 3.63) is 54.0 Å². The fourth-order valence-electron chi connectivity index (χ4n) is 0.952. The molecule has 1 rings (SSSR count). The quantitative estimate of drug-likeness (QED) is 0.480. The zero-order valence-corrected chi connectivity index (χ0v) is 9.43. The zero-order valence-electron chi connectivity index (χ0n) is 8.61. The lowest BCUT2D eigenvalue weighted by molar-refractivity contribution is 0.269. The Morgan fingerprint density at radius 3 is 2.50 bits per heavy atom. The van der Waals surface area contributed by atoms with Crippen molar-refractivity contribution >= 4 is 16.2 Å². The molecule has 0 spiro atoms. The van der Waals surface area contributed by atoms with Crippen LogP contribution in [0.15, 0.2) is 48.4 Å². The fraction of sp³-hybridized carbons (Fsp3) is 0.0909. The van der Waals surface area contributed by atoms with Crippen molar-refractivity contribution in [1.29, 1.82) is 0 Å². The van der Waals surface area contributed by atoms with Crippen molar-refractivity contribution in [3.63, 3.8) is 0 Å². The summed E-state index contributed by atoms with van der Waals surface area (Å²) < 4.78 is 27.2. The van der Waals surface area contributed by atoms with Crippen molar-refractivity contribution in [3.8, 4) is 0 Å². The van der Waals surface area contributed by atoms with Gasteiger partial charge in [0.2, 0.25) is 0 Å². The Bertz CT molecular complexity index is 465. The molecule has 4 nitrogen and oxygen atoms in total. The highest BCUT2D eigenvalue weighted by molar-refractivity contribution is 7.89. The van der Waals surface area contributed by atoms with Gasteiger partial charge in [-0.3, -0.25) is 0 Å². The standard InChI is InChI=1S/C11H13NO3S/c1-2-11(12)15-16(13,14)9-8-10-6-4-3-5-7-10/h2-9,11H,1,12H2. The zero-order chi connectivity index (χ0) is 12.0. The van der Waals surface area contributed by atoms with Gasteiger partial charge in [-0.25, -0.2) is 4.18 Å². The van der Waals surface area contributed by atoms with Crippen LogP contribution in [0.2, 0.25) is 0 Å². The van der Waals surface area contributed by atoms with Gasteiger partial charge < -0.3 is 5.73 Å². The molecular weight excluding hydrogens is 226 g/mol. The summed E-state index contributed by atoms with van der Waals surface area (Å²) in [6, 6.07) is 9.01. The number of benzene rings is 1. The molecule has 1 aromatic rings. The van der Waals surface area contributed by atoms with Crippen LogP contribution >= 0.6 is 0 Å². The van der Waals surface area contributed by atoms with Gasteiger partial charge in [0, 0.05) is 0 Å². The van der Waals surface area contributed by atoms with Gasteiger partial charge >= 0.3 is 0 Å². The largest absolute Gasteiger partial charge is 0.302 e. The second-order valence-electron chi connectivity index (χ2n) is 3.00. The van der Waals surface area contributed by atoms with E-state index in [9.17, 15) is 8.42 Å². The van der Waals surface area contributed by atoms with Crippen LogP contribution in [-0.2, 0) is 14.3 Å². The first-order chi connectivity index (χ1) is 7.53. The summed E-state index contributed by atoms with van der Waals surface area (Å²) in [5.74, 6) is 0. The van der Waals surface area contributed by atoms with Gasteiger partial charge in [-0.2, -0.15) is 8.42 Å². The normalized spacial score (nSPS) is 13.8. The minimum Gasteiger partial charge on any atom is -0.302 e. The fourth-order valence-corrected chi connectivity index (χ4v) is 1.73. The third-order valence-corrected chi connectivity index (χ3v) is 2.66. The lowest BCUT2D eigenvalue weighted by Crippen LogP contribution is -2.23. The van der Waals surface area contributed by atoms with Crippen LogP contribution in [-0.4, -0.2) is 14.6 Å². The van der Waals surface area contributed by atoms with E-state index in [2.05, 4.69) is 10.8 Å². The molecule has 0 bridgehead atoms. The highest BCUT2D eigenvalue weighted by Gasteiger charge is 2.09. The molecular formula is C11H13NO3S. The van der Waals surface area contributed by atoms with E-state index in [0.717, 1.165) is 11.0 Å². The molecule has 0 aromatic heterocycles. The maximum atomic E-state index is 11.3. The molecule has 1 atom stereocenters. The second kappa shape index (κ2) is 5.60. The lowest BCUT2D eigenvalue weighted by atomic mass is 10.2. The molecule has 0 saturated carbocycles. The molecule has 0 aliphatic rings. The summed E-state index contributed by atoms with van der Waals surface area (Å²) in [5, 5.41) is 0.964. The Hall–Kier alpha value is -1.43. The van der Waals surface area contributed by atoms with Crippen LogP contribution in [0.25, 0.3) is 6.08 Å². The maximum absolute atomic E-state index is 11.3. The lowest BCUT2D eigenvalue weighted by Gasteiger charge is -2.04. The van der Waals surface area contributed by atoms with Crippen LogP contribution in [0.3, 0.4) is 0 Å². The number of nitrogens with two attached hydrogens (primary N) is 1. The summed E-state index contributed by atoms with van der Waals surface area (Å²) in [6.07, 6.45) is 1.62. The molecule has 0 radical (unpaired) electrons. The van der Waals surface area contributed by atoms with E-state index in [4.69, 9.17) is 5.73 Å². The van der Waals surface area contributed by atoms with E-state index in [-0.39, 0.29) is 0 Å². The Labute approximate surface area is 95.2 Å². The molecule has 16 heavy (non-hydrogen) atoms. The van der Waals surface area contributed by atoms with Crippen molar-refractivity contribution < 1.29 is 12.6 Å². The van der Waals surface area contributed by atoms with E-state index in [0.29, 0.717) is 0 Å². The average Bonchev–Trinajstić information content (AvgIpc) is 2.27. The first kappa shape index (κ1) is 12.6. The maximum Gasteiger partial charge on any atom is 0.291 e. The molecule has 86 valence electrons.